The normalized spacial score (nSPS) is 15.4. The lowest BCUT2D eigenvalue weighted by atomic mass is 10.2. The number of carbonyl (C=O) groups excluding carboxylic acids is 2. The van der Waals surface area contributed by atoms with Gasteiger partial charge < -0.3 is 19.5 Å². The van der Waals surface area contributed by atoms with Crippen molar-refractivity contribution in [1.29, 1.82) is 0 Å². The Morgan fingerprint density at radius 3 is 2.76 bits per heavy atom. The van der Waals surface area contributed by atoms with E-state index in [9.17, 15) is 9.59 Å². The molecule has 0 fully saturated rings. The first kappa shape index (κ1) is 17.3. The van der Waals surface area contributed by atoms with Crippen molar-refractivity contribution in [2.75, 3.05) is 18.5 Å². The number of para-hydroxylation sites is 2. The van der Waals surface area contributed by atoms with Gasteiger partial charge in [-0.1, -0.05) is 28.1 Å². The first-order valence-electron chi connectivity index (χ1n) is 7.64. The maximum atomic E-state index is 12.1. The highest BCUT2D eigenvalue weighted by molar-refractivity contribution is 9.10. The van der Waals surface area contributed by atoms with Crippen LogP contribution in [0.15, 0.2) is 46.9 Å². The Morgan fingerprint density at radius 1 is 1.24 bits per heavy atom. The molecule has 0 saturated heterocycles. The number of carbonyl (C=O) groups is 2. The van der Waals surface area contributed by atoms with Gasteiger partial charge in [-0.15, -0.1) is 0 Å². The van der Waals surface area contributed by atoms with Gasteiger partial charge in [0, 0.05) is 10.2 Å². The van der Waals surface area contributed by atoms with Crippen LogP contribution in [0.3, 0.4) is 0 Å². The fraction of sp³-hybridized carbons (Fsp3) is 0.222. The number of fused-ring (bicyclic) bond motifs is 1. The van der Waals surface area contributed by atoms with Crippen molar-refractivity contribution in [2.24, 2.45) is 0 Å². The molecule has 6 nitrogen and oxygen atoms in total. The fourth-order valence-electron chi connectivity index (χ4n) is 2.32. The van der Waals surface area contributed by atoms with Crippen LogP contribution >= 0.6 is 15.9 Å². The highest BCUT2D eigenvalue weighted by Gasteiger charge is 2.29. The molecule has 1 aliphatic rings. The van der Waals surface area contributed by atoms with Crippen LogP contribution in [0.5, 0.6) is 11.5 Å². The molecule has 2 aromatic carbocycles. The highest BCUT2D eigenvalue weighted by Crippen LogP contribution is 2.31. The fourth-order valence-corrected chi connectivity index (χ4v) is 2.79. The number of ether oxygens (including phenoxy) is 3. The van der Waals surface area contributed by atoms with Crippen LogP contribution in [-0.4, -0.2) is 31.2 Å². The number of benzene rings is 2. The second kappa shape index (κ2) is 7.57. The topological polar surface area (TPSA) is 73.9 Å². The number of halogens is 1. The zero-order chi connectivity index (χ0) is 17.8. The first-order valence-corrected chi connectivity index (χ1v) is 8.43. The molecule has 0 radical (unpaired) electrons. The molecule has 0 aliphatic carbocycles. The summed E-state index contributed by atoms with van der Waals surface area (Å²) < 4.78 is 16.9. The lowest BCUT2D eigenvalue weighted by Crippen LogP contribution is -2.39. The molecular formula is C18H16BrNO5. The van der Waals surface area contributed by atoms with Gasteiger partial charge in [0.25, 0.3) is 5.91 Å². The largest absolute Gasteiger partial charge is 0.485 e. The van der Waals surface area contributed by atoms with E-state index in [2.05, 4.69) is 21.2 Å². The van der Waals surface area contributed by atoms with E-state index < -0.39 is 24.6 Å². The van der Waals surface area contributed by atoms with Crippen LogP contribution in [0.1, 0.15) is 5.56 Å². The predicted molar refractivity (Wildman–Crippen MR) is 94.8 cm³/mol. The molecule has 1 heterocycles. The molecule has 0 bridgehead atoms. The molecule has 7 heteroatoms. The summed E-state index contributed by atoms with van der Waals surface area (Å²) in [5.41, 5.74) is 1.56. The van der Waals surface area contributed by atoms with Crippen molar-refractivity contribution in [3.8, 4) is 11.5 Å². The Labute approximate surface area is 153 Å². The molecule has 25 heavy (non-hydrogen) atoms. The number of anilines is 1. The summed E-state index contributed by atoms with van der Waals surface area (Å²) >= 11 is 3.36. The molecule has 0 saturated carbocycles. The lowest BCUT2D eigenvalue weighted by molar-refractivity contribution is -0.156. The van der Waals surface area contributed by atoms with E-state index in [-0.39, 0.29) is 6.61 Å². The second-order valence-corrected chi connectivity index (χ2v) is 6.40. The summed E-state index contributed by atoms with van der Waals surface area (Å²) in [5, 5.41) is 2.70. The van der Waals surface area contributed by atoms with Crippen LogP contribution in [0.2, 0.25) is 0 Å². The minimum Gasteiger partial charge on any atom is -0.485 e. The maximum absolute atomic E-state index is 12.1. The van der Waals surface area contributed by atoms with E-state index in [0.717, 1.165) is 10.0 Å². The zero-order valence-electron chi connectivity index (χ0n) is 13.5. The van der Waals surface area contributed by atoms with Crippen LogP contribution in [0, 0.1) is 6.92 Å². The number of hydrogen-bond acceptors (Lipinski definition) is 5. The summed E-state index contributed by atoms with van der Waals surface area (Å²) in [6.07, 6.45) is -0.892. The first-order chi connectivity index (χ1) is 12.0. The zero-order valence-corrected chi connectivity index (χ0v) is 15.0. The summed E-state index contributed by atoms with van der Waals surface area (Å²) in [5.74, 6) is -0.00581. The van der Waals surface area contributed by atoms with Crippen LogP contribution in [-0.2, 0) is 14.3 Å². The molecule has 1 aliphatic heterocycles. The van der Waals surface area contributed by atoms with Crippen molar-refractivity contribution >= 4 is 33.5 Å². The van der Waals surface area contributed by atoms with Gasteiger partial charge in [0.2, 0.25) is 6.10 Å². The van der Waals surface area contributed by atoms with E-state index in [1.54, 1.807) is 24.3 Å². The van der Waals surface area contributed by atoms with Crippen molar-refractivity contribution in [2.45, 2.75) is 13.0 Å². The molecule has 3 rings (SSSR count). The Hall–Kier alpha value is -2.54. The van der Waals surface area contributed by atoms with Crippen molar-refractivity contribution in [3.63, 3.8) is 0 Å². The predicted octanol–water partition coefficient (Wildman–Crippen LogP) is 3.08. The number of nitrogens with one attached hydrogen (secondary N) is 1. The molecule has 130 valence electrons. The standard InChI is InChI=1S/C18H16BrNO5/c1-11-8-12(19)6-7-13(11)20-17(21)10-24-18(22)16-9-23-14-4-2-3-5-15(14)25-16/h2-8,16H,9-10H2,1H3,(H,20,21). The molecule has 2 aromatic rings. The van der Waals surface area contributed by atoms with Crippen molar-refractivity contribution in [1.82, 2.24) is 0 Å². The summed E-state index contributed by atoms with van der Waals surface area (Å²) in [6.45, 7) is 1.52. The molecular weight excluding hydrogens is 390 g/mol. The molecule has 1 amide bonds. The van der Waals surface area contributed by atoms with Gasteiger partial charge in [0.1, 0.15) is 6.61 Å². The van der Waals surface area contributed by atoms with E-state index in [4.69, 9.17) is 14.2 Å². The second-order valence-electron chi connectivity index (χ2n) is 5.48. The third-order valence-electron chi connectivity index (χ3n) is 3.58. The van der Waals surface area contributed by atoms with Crippen molar-refractivity contribution in [3.05, 3.63) is 52.5 Å². The number of hydrogen-bond donors (Lipinski definition) is 1. The smallest absolute Gasteiger partial charge is 0.351 e. The Balaban J connectivity index is 1.51. The number of esters is 1. The minimum atomic E-state index is -0.892. The SMILES string of the molecule is Cc1cc(Br)ccc1NC(=O)COC(=O)C1COc2ccccc2O1. The van der Waals surface area contributed by atoms with E-state index in [0.29, 0.717) is 17.2 Å². The molecule has 1 atom stereocenters. The monoisotopic (exact) mass is 405 g/mol. The Morgan fingerprint density at radius 2 is 2.00 bits per heavy atom. The Bertz CT molecular complexity index is 808. The van der Waals surface area contributed by atoms with Gasteiger partial charge in [0.05, 0.1) is 0 Å². The lowest BCUT2D eigenvalue weighted by Gasteiger charge is -2.24. The number of amides is 1. The van der Waals surface area contributed by atoms with Crippen LogP contribution in [0.4, 0.5) is 5.69 Å². The molecule has 1 unspecified atom stereocenters. The molecule has 0 aromatic heterocycles. The van der Waals surface area contributed by atoms with Gasteiger partial charge in [0.15, 0.2) is 18.1 Å². The third kappa shape index (κ3) is 4.30. The minimum absolute atomic E-state index is 0.0449. The van der Waals surface area contributed by atoms with E-state index in [1.807, 2.05) is 25.1 Å². The maximum Gasteiger partial charge on any atom is 0.351 e. The van der Waals surface area contributed by atoms with Gasteiger partial charge >= 0.3 is 5.97 Å². The number of rotatable bonds is 4. The average molecular weight is 406 g/mol. The highest BCUT2D eigenvalue weighted by atomic mass is 79.9. The summed E-state index contributed by atoms with van der Waals surface area (Å²) in [7, 11) is 0. The van der Waals surface area contributed by atoms with Crippen LogP contribution in [0.25, 0.3) is 0 Å². The molecule has 1 N–H and O–H groups in total. The van der Waals surface area contributed by atoms with Gasteiger partial charge in [-0.2, -0.15) is 0 Å². The van der Waals surface area contributed by atoms with E-state index in [1.165, 1.54) is 0 Å². The Kier molecular flexibility index (Phi) is 5.23. The average Bonchev–Trinajstić information content (AvgIpc) is 2.61. The van der Waals surface area contributed by atoms with Gasteiger partial charge in [-0.25, -0.2) is 4.79 Å². The summed E-state index contributed by atoms with van der Waals surface area (Å²) in [6, 6.07) is 12.5. The quantitative estimate of drug-likeness (QED) is 0.791. The molecule has 0 spiro atoms. The summed E-state index contributed by atoms with van der Waals surface area (Å²) in [4.78, 5) is 24.0. The third-order valence-corrected chi connectivity index (χ3v) is 4.07. The van der Waals surface area contributed by atoms with Gasteiger partial charge in [-0.05, 0) is 42.8 Å². The van der Waals surface area contributed by atoms with Gasteiger partial charge in [-0.3, -0.25) is 4.79 Å². The van der Waals surface area contributed by atoms with Crippen LogP contribution < -0.4 is 14.8 Å². The number of aryl methyl sites for hydroxylation is 1. The van der Waals surface area contributed by atoms with E-state index >= 15 is 0 Å². The van der Waals surface area contributed by atoms with Crippen molar-refractivity contribution < 1.29 is 23.8 Å².